The van der Waals surface area contributed by atoms with Crippen LogP contribution in [-0.4, -0.2) is 49.7 Å². The van der Waals surface area contributed by atoms with Gasteiger partial charge in [0.25, 0.3) is 0 Å². The van der Waals surface area contributed by atoms with Crippen LogP contribution in [0.15, 0.2) is 23.8 Å². The van der Waals surface area contributed by atoms with E-state index in [-0.39, 0.29) is 36.8 Å². The number of hydrogen-bond acceptors (Lipinski definition) is 5. The summed E-state index contributed by atoms with van der Waals surface area (Å²) < 4.78 is 25.2. The van der Waals surface area contributed by atoms with Crippen molar-refractivity contribution in [2.75, 3.05) is 19.8 Å². The molecule has 2 unspecified atom stereocenters. The van der Waals surface area contributed by atoms with Crippen LogP contribution in [0.2, 0.25) is 0 Å². The third kappa shape index (κ3) is 7.45. The van der Waals surface area contributed by atoms with Gasteiger partial charge in [0.2, 0.25) is 0 Å². The lowest BCUT2D eigenvalue weighted by Gasteiger charge is -2.35. The van der Waals surface area contributed by atoms with Gasteiger partial charge in [0, 0.05) is 37.4 Å². The van der Waals surface area contributed by atoms with E-state index in [0.717, 1.165) is 77.4 Å². The van der Waals surface area contributed by atoms with Gasteiger partial charge >= 0.3 is 0 Å². The molecule has 4 fully saturated rings. The van der Waals surface area contributed by atoms with Gasteiger partial charge in [-0.25, -0.2) is 0 Å². The summed E-state index contributed by atoms with van der Waals surface area (Å²) in [6.45, 7) is 8.33. The minimum atomic E-state index is -0.142. The van der Waals surface area contributed by atoms with E-state index in [1.807, 2.05) is 6.08 Å². The number of rotatable bonds is 9. The highest BCUT2D eigenvalue weighted by molar-refractivity contribution is 5.19. The number of fused-ring (bicyclic) bond motifs is 1. The lowest BCUT2D eigenvalue weighted by Crippen LogP contribution is -2.36. The number of allylic oxidation sites excluding steroid dienone is 1. The molecular weight excluding hydrogens is 452 g/mol. The molecule has 0 bridgehead atoms. The average Bonchev–Trinajstić information content (AvgIpc) is 3.40. The smallest absolute Gasteiger partial charge is 0.158 e. The van der Waals surface area contributed by atoms with Crippen LogP contribution in [0.1, 0.15) is 91.4 Å². The number of aliphatic hydroxyl groups is 1. The second-order valence-corrected chi connectivity index (χ2v) is 11.8. The summed E-state index contributed by atoms with van der Waals surface area (Å²) in [5.74, 6) is 8.07. The summed E-state index contributed by atoms with van der Waals surface area (Å²) >= 11 is 0. The molecule has 0 amide bonds. The predicted octanol–water partition coefficient (Wildman–Crippen LogP) is 6.16. The van der Waals surface area contributed by atoms with Crippen molar-refractivity contribution in [1.82, 2.24) is 0 Å². The standard InChI is InChI=1S/C31H48O5/c1-4-5-8-16-31(2,3)28(36-30-12-7-10-19-34-30)14-13-25-26-21-23(15-17-32)20-24(26)22-27(25)35-29-11-6-9-18-33-29/h13-15,24-30,32H,4,6-7,9-12,16-22H2,1-3H3/b14-13+,23-15?/t24-,25+,26-,27+,28+,29?,30?/m0/s1. The fourth-order valence-corrected chi connectivity index (χ4v) is 6.42. The SMILES string of the molecule is CCC#CCC(C)(C)[C@@H](/C=C/[C@@H]1[C@H]2CC(=CCO)C[C@H]2C[C@H]1OC1CCCCO1)OC1CCCCO1. The zero-order chi connectivity index (χ0) is 25.4. The van der Waals surface area contributed by atoms with Gasteiger partial charge in [-0.15, -0.1) is 11.8 Å². The molecule has 2 saturated carbocycles. The van der Waals surface area contributed by atoms with Crippen LogP contribution >= 0.6 is 0 Å². The van der Waals surface area contributed by atoms with E-state index >= 15 is 0 Å². The summed E-state index contributed by atoms with van der Waals surface area (Å²) in [6.07, 6.45) is 18.0. The van der Waals surface area contributed by atoms with Crippen LogP contribution < -0.4 is 0 Å². The maximum atomic E-state index is 9.46. The van der Waals surface area contributed by atoms with Crippen molar-refractivity contribution in [3.63, 3.8) is 0 Å². The van der Waals surface area contributed by atoms with Gasteiger partial charge in [-0.3, -0.25) is 0 Å². The third-order valence-electron chi connectivity index (χ3n) is 8.49. The molecule has 0 aromatic heterocycles. The first-order valence-corrected chi connectivity index (χ1v) is 14.5. The monoisotopic (exact) mass is 500 g/mol. The zero-order valence-corrected chi connectivity index (χ0v) is 22.8. The molecule has 5 heteroatoms. The van der Waals surface area contributed by atoms with Crippen molar-refractivity contribution >= 4 is 0 Å². The van der Waals surface area contributed by atoms with Gasteiger partial charge in [0.15, 0.2) is 12.6 Å². The van der Waals surface area contributed by atoms with Gasteiger partial charge in [-0.05, 0) is 69.6 Å². The topological polar surface area (TPSA) is 57.2 Å². The number of hydrogen-bond donors (Lipinski definition) is 1. The van der Waals surface area contributed by atoms with Crippen LogP contribution in [-0.2, 0) is 18.9 Å². The van der Waals surface area contributed by atoms with Gasteiger partial charge < -0.3 is 24.1 Å². The maximum Gasteiger partial charge on any atom is 0.158 e. The van der Waals surface area contributed by atoms with E-state index in [1.54, 1.807) is 0 Å². The minimum absolute atomic E-state index is 0.0747. The molecule has 2 saturated heterocycles. The van der Waals surface area contributed by atoms with Crippen molar-refractivity contribution in [2.45, 2.75) is 116 Å². The Balaban J connectivity index is 1.53. The van der Waals surface area contributed by atoms with E-state index < -0.39 is 0 Å². The lowest BCUT2D eigenvalue weighted by atomic mass is 9.81. The summed E-state index contributed by atoms with van der Waals surface area (Å²) in [5, 5.41) is 9.46. The summed E-state index contributed by atoms with van der Waals surface area (Å²) in [6, 6.07) is 0. The van der Waals surface area contributed by atoms with Crippen LogP contribution in [0.25, 0.3) is 0 Å². The molecule has 0 aromatic rings. The molecular formula is C31H48O5. The van der Waals surface area contributed by atoms with Gasteiger partial charge in [0.05, 0.1) is 18.8 Å². The normalized spacial score (nSPS) is 35.1. The molecule has 5 nitrogen and oxygen atoms in total. The maximum absolute atomic E-state index is 9.46. The molecule has 2 heterocycles. The average molecular weight is 501 g/mol. The Morgan fingerprint density at radius 1 is 1.06 bits per heavy atom. The highest BCUT2D eigenvalue weighted by Gasteiger charge is 2.47. The largest absolute Gasteiger partial charge is 0.392 e. The molecule has 4 aliphatic rings. The van der Waals surface area contributed by atoms with Crippen molar-refractivity contribution < 1.29 is 24.1 Å². The number of aliphatic hydroxyl groups excluding tert-OH is 1. The summed E-state index contributed by atoms with van der Waals surface area (Å²) in [4.78, 5) is 0. The zero-order valence-electron chi connectivity index (χ0n) is 22.8. The van der Waals surface area contributed by atoms with Crippen LogP contribution in [0.3, 0.4) is 0 Å². The molecule has 2 aliphatic heterocycles. The van der Waals surface area contributed by atoms with Gasteiger partial charge in [-0.2, -0.15) is 0 Å². The second kappa shape index (κ2) is 13.6. The highest BCUT2D eigenvalue weighted by atomic mass is 16.7. The molecule has 0 radical (unpaired) electrons. The van der Waals surface area contributed by atoms with Gasteiger partial charge in [-0.1, -0.05) is 44.6 Å². The van der Waals surface area contributed by atoms with E-state index in [4.69, 9.17) is 18.9 Å². The van der Waals surface area contributed by atoms with Crippen molar-refractivity contribution in [2.24, 2.45) is 23.2 Å². The molecule has 0 spiro atoms. The lowest BCUT2D eigenvalue weighted by molar-refractivity contribution is -0.197. The molecule has 4 rings (SSSR count). The first-order chi connectivity index (χ1) is 17.5. The Morgan fingerprint density at radius 3 is 2.47 bits per heavy atom. The molecule has 0 aromatic carbocycles. The molecule has 7 atom stereocenters. The molecule has 202 valence electrons. The molecule has 36 heavy (non-hydrogen) atoms. The first-order valence-electron chi connectivity index (χ1n) is 14.5. The summed E-state index contributed by atoms with van der Waals surface area (Å²) in [7, 11) is 0. The van der Waals surface area contributed by atoms with Crippen molar-refractivity contribution in [1.29, 1.82) is 0 Å². The van der Waals surface area contributed by atoms with E-state index in [9.17, 15) is 5.11 Å². The minimum Gasteiger partial charge on any atom is -0.392 e. The Bertz CT molecular complexity index is 794. The quantitative estimate of drug-likeness (QED) is 0.303. The Morgan fingerprint density at radius 2 is 1.81 bits per heavy atom. The third-order valence-corrected chi connectivity index (χ3v) is 8.49. The van der Waals surface area contributed by atoms with Crippen molar-refractivity contribution in [3.05, 3.63) is 23.8 Å². The summed E-state index contributed by atoms with van der Waals surface area (Å²) in [5.41, 5.74) is 1.27. The predicted molar refractivity (Wildman–Crippen MR) is 142 cm³/mol. The van der Waals surface area contributed by atoms with E-state index in [1.165, 1.54) is 12.0 Å². The van der Waals surface area contributed by atoms with Crippen molar-refractivity contribution in [3.8, 4) is 11.8 Å². The second-order valence-electron chi connectivity index (χ2n) is 11.8. The Labute approximate surface area is 219 Å². The van der Waals surface area contributed by atoms with E-state index in [2.05, 4.69) is 44.8 Å². The number of ether oxygens (including phenoxy) is 4. The Kier molecular flexibility index (Phi) is 10.5. The van der Waals surface area contributed by atoms with Gasteiger partial charge in [0.1, 0.15) is 0 Å². The fraction of sp³-hybridized carbons (Fsp3) is 0.806. The molecule has 2 aliphatic carbocycles. The fourth-order valence-electron chi connectivity index (χ4n) is 6.42. The van der Waals surface area contributed by atoms with Crippen LogP contribution in [0.4, 0.5) is 0 Å². The Hall–Kier alpha value is -1.16. The highest BCUT2D eigenvalue weighted by Crippen LogP contribution is 2.52. The van der Waals surface area contributed by atoms with Crippen LogP contribution in [0.5, 0.6) is 0 Å². The molecule has 1 N–H and O–H groups in total. The van der Waals surface area contributed by atoms with Crippen LogP contribution in [0, 0.1) is 35.0 Å². The van der Waals surface area contributed by atoms with E-state index in [0.29, 0.717) is 17.8 Å². The first kappa shape index (κ1) is 27.9.